The standard InChI is InChI=1S/C16H16N2S/c1-4-13(2)12-19-14(3)15-10-17-18(11-15)16-8-6-5-7-9-16/h4-12H,1,3H2,2H3/b13-12+. The summed E-state index contributed by atoms with van der Waals surface area (Å²) in [6, 6.07) is 10.0. The zero-order valence-corrected chi connectivity index (χ0v) is 11.7. The lowest BCUT2D eigenvalue weighted by Gasteiger charge is -2.00. The number of hydrogen-bond donors (Lipinski definition) is 0. The molecule has 0 unspecified atom stereocenters. The molecule has 0 amide bonds. The second-order valence-corrected chi connectivity index (χ2v) is 5.08. The molecule has 96 valence electrons. The highest BCUT2D eigenvalue weighted by molar-refractivity contribution is 8.10. The van der Waals surface area contributed by atoms with Crippen LogP contribution in [0.1, 0.15) is 12.5 Å². The normalized spacial score (nSPS) is 11.3. The van der Waals surface area contributed by atoms with Crippen LogP contribution in [0.15, 0.2) is 72.9 Å². The predicted molar refractivity (Wildman–Crippen MR) is 84.1 cm³/mol. The number of benzene rings is 1. The molecule has 0 aliphatic rings. The Morgan fingerprint density at radius 3 is 2.74 bits per heavy atom. The zero-order chi connectivity index (χ0) is 13.7. The Kier molecular flexibility index (Phi) is 4.42. The number of rotatable bonds is 5. The van der Waals surface area contributed by atoms with Crippen molar-refractivity contribution in [2.24, 2.45) is 0 Å². The molecule has 3 heteroatoms. The molecule has 2 nitrogen and oxygen atoms in total. The second-order valence-electron chi connectivity index (χ2n) is 4.12. The summed E-state index contributed by atoms with van der Waals surface area (Å²) in [4.78, 5) is 0.975. The molecular weight excluding hydrogens is 252 g/mol. The topological polar surface area (TPSA) is 17.8 Å². The van der Waals surface area contributed by atoms with E-state index in [1.807, 2.05) is 65.8 Å². The highest BCUT2D eigenvalue weighted by Gasteiger charge is 2.03. The van der Waals surface area contributed by atoms with Crippen LogP contribution in [0, 0.1) is 0 Å². The lowest BCUT2D eigenvalue weighted by molar-refractivity contribution is 0.880. The molecule has 0 aliphatic carbocycles. The summed E-state index contributed by atoms with van der Waals surface area (Å²) < 4.78 is 1.85. The largest absolute Gasteiger partial charge is 0.240 e. The number of hydrogen-bond acceptors (Lipinski definition) is 2. The van der Waals surface area contributed by atoms with Crippen LogP contribution in [0.25, 0.3) is 10.6 Å². The summed E-state index contributed by atoms with van der Waals surface area (Å²) in [5.74, 6) is 0. The van der Waals surface area contributed by atoms with Crippen LogP contribution in [0.3, 0.4) is 0 Å². The molecule has 0 N–H and O–H groups in total. The molecule has 2 aromatic rings. The van der Waals surface area contributed by atoms with Crippen LogP contribution >= 0.6 is 11.8 Å². The van der Waals surface area contributed by atoms with Crippen molar-refractivity contribution >= 4 is 16.7 Å². The number of aromatic nitrogens is 2. The Morgan fingerprint density at radius 2 is 2.05 bits per heavy atom. The SMILES string of the molecule is C=C/C(C)=C/SC(=C)c1cnn(-c2ccccc2)c1. The molecule has 0 bridgehead atoms. The molecule has 0 aliphatic heterocycles. The van der Waals surface area contributed by atoms with Gasteiger partial charge in [-0.25, -0.2) is 4.68 Å². The highest BCUT2D eigenvalue weighted by Crippen LogP contribution is 2.27. The first-order valence-electron chi connectivity index (χ1n) is 5.96. The fourth-order valence-corrected chi connectivity index (χ4v) is 2.13. The Hall–Kier alpha value is -2.00. The second kappa shape index (κ2) is 6.25. The van der Waals surface area contributed by atoms with Gasteiger partial charge < -0.3 is 0 Å². The predicted octanol–water partition coefficient (Wildman–Crippen LogP) is 4.67. The number of para-hydroxylation sites is 1. The van der Waals surface area contributed by atoms with Crippen molar-refractivity contribution in [3.8, 4) is 5.69 Å². The van der Waals surface area contributed by atoms with Crippen LogP contribution in [-0.2, 0) is 0 Å². The molecule has 1 heterocycles. The quantitative estimate of drug-likeness (QED) is 0.734. The van der Waals surface area contributed by atoms with Crippen molar-refractivity contribution in [1.82, 2.24) is 9.78 Å². The summed E-state index contributed by atoms with van der Waals surface area (Å²) >= 11 is 1.59. The molecule has 1 aromatic carbocycles. The maximum Gasteiger partial charge on any atom is 0.0645 e. The van der Waals surface area contributed by atoms with Crippen molar-refractivity contribution in [2.45, 2.75) is 6.92 Å². The molecule has 0 atom stereocenters. The smallest absolute Gasteiger partial charge is 0.0645 e. The summed E-state index contributed by atoms with van der Waals surface area (Å²) in [6.07, 6.45) is 5.65. The first-order chi connectivity index (χ1) is 9.20. The van der Waals surface area contributed by atoms with E-state index in [1.165, 1.54) is 0 Å². The minimum absolute atomic E-state index is 0.975. The highest BCUT2D eigenvalue weighted by atomic mass is 32.2. The van der Waals surface area contributed by atoms with E-state index >= 15 is 0 Å². The van der Waals surface area contributed by atoms with E-state index in [-0.39, 0.29) is 0 Å². The van der Waals surface area contributed by atoms with Gasteiger partial charge in [0.2, 0.25) is 0 Å². The van der Waals surface area contributed by atoms with Crippen molar-refractivity contribution in [3.63, 3.8) is 0 Å². The van der Waals surface area contributed by atoms with Crippen LogP contribution < -0.4 is 0 Å². The Morgan fingerprint density at radius 1 is 1.32 bits per heavy atom. The third-order valence-corrected chi connectivity index (χ3v) is 3.64. The van der Waals surface area contributed by atoms with E-state index in [9.17, 15) is 0 Å². The minimum Gasteiger partial charge on any atom is -0.240 e. The van der Waals surface area contributed by atoms with Crippen molar-refractivity contribution in [2.75, 3.05) is 0 Å². The average molecular weight is 268 g/mol. The molecule has 0 fully saturated rings. The van der Waals surface area contributed by atoms with Gasteiger partial charge in [0.05, 0.1) is 11.9 Å². The van der Waals surface area contributed by atoms with Gasteiger partial charge in [-0.05, 0) is 30.0 Å². The van der Waals surface area contributed by atoms with Crippen molar-refractivity contribution in [3.05, 3.63) is 78.5 Å². The van der Waals surface area contributed by atoms with Gasteiger partial charge in [-0.2, -0.15) is 5.10 Å². The van der Waals surface area contributed by atoms with Gasteiger partial charge in [0.1, 0.15) is 0 Å². The molecule has 0 saturated carbocycles. The number of nitrogens with zero attached hydrogens (tertiary/aromatic N) is 2. The first kappa shape index (κ1) is 13.4. The summed E-state index contributed by atoms with van der Waals surface area (Å²) in [5, 5.41) is 6.39. The van der Waals surface area contributed by atoms with Gasteiger partial charge >= 0.3 is 0 Å². The van der Waals surface area contributed by atoms with Gasteiger partial charge in [0, 0.05) is 16.7 Å². The Labute approximate surface area is 118 Å². The maximum absolute atomic E-state index is 4.36. The van der Waals surface area contributed by atoms with Crippen LogP contribution in [0.4, 0.5) is 0 Å². The van der Waals surface area contributed by atoms with Crippen molar-refractivity contribution < 1.29 is 0 Å². The summed E-state index contributed by atoms with van der Waals surface area (Å²) in [5.41, 5.74) is 3.20. The summed E-state index contributed by atoms with van der Waals surface area (Å²) in [7, 11) is 0. The average Bonchev–Trinajstić information content (AvgIpc) is 2.95. The number of thioether (sulfide) groups is 1. The lowest BCUT2D eigenvalue weighted by Crippen LogP contribution is -1.92. The maximum atomic E-state index is 4.36. The van der Waals surface area contributed by atoms with Gasteiger partial charge in [0.25, 0.3) is 0 Å². The fourth-order valence-electron chi connectivity index (χ4n) is 1.47. The van der Waals surface area contributed by atoms with Gasteiger partial charge in [-0.15, -0.1) is 0 Å². The molecule has 0 saturated heterocycles. The van der Waals surface area contributed by atoms with E-state index in [1.54, 1.807) is 11.8 Å². The molecule has 1 aromatic heterocycles. The third-order valence-electron chi connectivity index (χ3n) is 2.63. The van der Waals surface area contributed by atoms with Gasteiger partial charge in [0.15, 0.2) is 0 Å². The number of allylic oxidation sites excluding steroid dienone is 2. The van der Waals surface area contributed by atoms with E-state index in [0.717, 1.165) is 21.7 Å². The van der Waals surface area contributed by atoms with Crippen LogP contribution in [0.5, 0.6) is 0 Å². The lowest BCUT2D eigenvalue weighted by atomic mass is 10.3. The molecule has 0 radical (unpaired) electrons. The third kappa shape index (κ3) is 3.48. The Bertz CT molecular complexity index is 609. The molecular formula is C16H16N2S. The van der Waals surface area contributed by atoms with Gasteiger partial charge in [-0.1, -0.05) is 49.2 Å². The summed E-state index contributed by atoms with van der Waals surface area (Å²) in [6.45, 7) is 9.81. The van der Waals surface area contributed by atoms with E-state index < -0.39 is 0 Å². The van der Waals surface area contributed by atoms with E-state index in [0.29, 0.717) is 0 Å². The van der Waals surface area contributed by atoms with Crippen LogP contribution in [0.2, 0.25) is 0 Å². The first-order valence-corrected chi connectivity index (χ1v) is 6.84. The van der Waals surface area contributed by atoms with Crippen molar-refractivity contribution in [1.29, 1.82) is 0 Å². The molecule has 2 rings (SSSR count). The van der Waals surface area contributed by atoms with Crippen LogP contribution in [-0.4, -0.2) is 9.78 Å². The van der Waals surface area contributed by atoms with Gasteiger partial charge in [-0.3, -0.25) is 0 Å². The fraction of sp³-hybridized carbons (Fsp3) is 0.0625. The Balaban J connectivity index is 2.13. The molecule has 19 heavy (non-hydrogen) atoms. The van der Waals surface area contributed by atoms with E-state index in [2.05, 4.69) is 18.3 Å². The zero-order valence-electron chi connectivity index (χ0n) is 10.9. The molecule has 0 spiro atoms. The minimum atomic E-state index is 0.975. The monoisotopic (exact) mass is 268 g/mol. The van der Waals surface area contributed by atoms with E-state index in [4.69, 9.17) is 0 Å².